The molecule has 1 N–H and O–H groups in total. The topological polar surface area (TPSA) is 54.4 Å². The molecule has 0 fully saturated rings. The lowest BCUT2D eigenvalue weighted by atomic mass is 10.0. The zero-order chi connectivity index (χ0) is 17.9. The molecule has 0 saturated heterocycles. The summed E-state index contributed by atoms with van der Waals surface area (Å²) in [6.45, 7) is 1.68. The van der Waals surface area contributed by atoms with Gasteiger partial charge in [0.1, 0.15) is 5.78 Å². The number of ketones is 1. The van der Waals surface area contributed by atoms with Crippen molar-refractivity contribution in [3.8, 4) is 0 Å². The van der Waals surface area contributed by atoms with Crippen LogP contribution in [-0.2, 0) is 9.59 Å². The molecule has 0 rings (SSSR count). The van der Waals surface area contributed by atoms with Crippen molar-refractivity contribution in [2.45, 2.75) is 122 Å². The fraction of sp³-hybridized carbons (Fsp3) is 0.905. The first-order valence-electron chi connectivity index (χ1n) is 10.3. The second kappa shape index (κ2) is 18.5. The van der Waals surface area contributed by atoms with Crippen LogP contribution < -0.4 is 0 Å². The van der Waals surface area contributed by atoms with Crippen molar-refractivity contribution in [3.63, 3.8) is 0 Å². The van der Waals surface area contributed by atoms with E-state index < -0.39 is 5.97 Å². The second-order valence-electron chi connectivity index (χ2n) is 7.25. The van der Waals surface area contributed by atoms with Crippen molar-refractivity contribution < 1.29 is 14.7 Å². The van der Waals surface area contributed by atoms with Crippen molar-refractivity contribution >= 4 is 11.8 Å². The third kappa shape index (κ3) is 21.1. The molecule has 0 aromatic carbocycles. The van der Waals surface area contributed by atoms with Gasteiger partial charge in [-0.15, -0.1) is 0 Å². The Labute approximate surface area is 149 Å². The molecule has 0 aliphatic rings. The van der Waals surface area contributed by atoms with Crippen LogP contribution in [-0.4, -0.2) is 16.9 Å². The zero-order valence-electron chi connectivity index (χ0n) is 16.0. The molecule has 142 valence electrons. The molecule has 0 saturated carbocycles. The number of carboxylic acids is 1. The Morgan fingerprint density at radius 3 is 1.00 bits per heavy atom. The summed E-state index contributed by atoms with van der Waals surface area (Å²) in [5.41, 5.74) is 0. The number of carboxylic acid groups (broad SMARTS) is 1. The van der Waals surface area contributed by atoms with Gasteiger partial charge in [-0.2, -0.15) is 0 Å². The molecule has 0 amide bonds. The lowest BCUT2D eigenvalue weighted by Gasteiger charge is -2.03. The maximum Gasteiger partial charge on any atom is 0.303 e. The van der Waals surface area contributed by atoms with Crippen LogP contribution in [0.4, 0.5) is 0 Å². The standard InChI is InChI=1S/C21H40O3/c1-20(22)18-16-14-12-10-8-6-4-2-3-5-7-9-11-13-15-17-19-21(23)24/h2-19H2,1H3,(H,23,24). The highest BCUT2D eigenvalue weighted by Gasteiger charge is 1.97. The Morgan fingerprint density at radius 2 is 0.750 bits per heavy atom. The predicted octanol–water partition coefficient (Wildman–Crippen LogP) is 6.68. The maximum atomic E-state index is 10.8. The molecule has 0 aliphatic heterocycles. The number of aliphatic carboxylic acids is 1. The summed E-state index contributed by atoms with van der Waals surface area (Å²) in [7, 11) is 0. The van der Waals surface area contributed by atoms with Crippen LogP contribution in [0, 0.1) is 0 Å². The van der Waals surface area contributed by atoms with E-state index in [1.807, 2.05) is 0 Å². The molecule has 0 aliphatic carbocycles. The number of carbonyl (C=O) groups is 2. The lowest BCUT2D eigenvalue weighted by Crippen LogP contribution is -1.93. The molecule has 24 heavy (non-hydrogen) atoms. The normalized spacial score (nSPS) is 10.9. The van der Waals surface area contributed by atoms with E-state index in [1.165, 1.54) is 83.5 Å². The van der Waals surface area contributed by atoms with E-state index in [2.05, 4.69) is 0 Å². The van der Waals surface area contributed by atoms with Gasteiger partial charge in [0.25, 0.3) is 0 Å². The first-order chi connectivity index (χ1) is 11.6. The lowest BCUT2D eigenvalue weighted by molar-refractivity contribution is -0.137. The predicted molar refractivity (Wildman–Crippen MR) is 101 cm³/mol. The van der Waals surface area contributed by atoms with Gasteiger partial charge in [0, 0.05) is 12.8 Å². The number of hydrogen-bond acceptors (Lipinski definition) is 2. The molecule has 3 nitrogen and oxygen atoms in total. The van der Waals surface area contributed by atoms with Crippen LogP contribution in [0.25, 0.3) is 0 Å². The Kier molecular flexibility index (Phi) is 17.8. The Balaban J connectivity index is 3.00. The average molecular weight is 341 g/mol. The molecule has 0 atom stereocenters. The number of carbonyl (C=O) groups excluding carboxylic acids is 1. The molecule has 3 heteroatoms. The number of Topliss-reactive ketones (excluding diaryl/α,β-unsaturated/α-hetero) is 1. The number of unbranched alkanes of at least 4 members (excludes halogenated alkanes) is 15. The fourth-order valence-corrected chi connectivity index (χ4v) is 3.13. The number of hydrogen-bond donors (Lipinski definition) is 1. The summed E-state index contributed by atoms with van der Waals surface area (Å²) >= 11 is 0. The molecule has 0 aromatic rings. The summed E-state index contributed by atoms with van der Waals surface area (Å²) < 4.78 is 0. The van der Waals surface area contributed by atoms with Gasteiger partial charge in [-0.1, -0.05) is 89.9 Å². The maximum absolute atomic E-state index is 10.8. The van der Waals surface area contributed by atoms with E-state index in [0.717, 1.165) is 25.7 Å². The highest BCUT2D eigenvalue weighted by Crippen LogP contribution is 2.14. The van der Waals surface area contributed by atoms with Crippen LogP contribution in [0.1, 0.15) is 122 Å². The summed E-state index contributed by atoms with van der Waals surface area (Å²) in [5.74, 6) is -0.337. The van der Waals surface area contributed by atoms with Gasteiger partial charge in [0.05, 0.1) is 0 Å². The van der Waals surface area contributed by atoms with Crippen molar-refractivity contribution in [2.75, 3.05) is 0 Å². The summed E-state index contributed by atoms with van der Waals surface area (Å²) in [4.78, 5) is 21.2. The molecule has 0 heterocycles. The van der Waals surface area contributed by atoms with E-state index >= 15 is 0 Å². The average Bonchev–Trinajstić information content (AvgIpc) is 2.53. The van der Waals surface area contributed by atoms with Crippen molar-refractivity contribution in [1.29, 1.82) is 0 Å². The minimum atomic E-state index is -0.664. The molecule has 0 radical (unpaired) electrons. The van der Waals surface area contributed by atoms with E-state index in [1.54, 1.807) is 6.92 Å². The smallest absolute Gasteiger partial charge is 0.303 e. The van der Waals surface area contributed by atoms with Crippen molar-refractivity contribution in [1.82, 2.24) is 0 Å². The molecule has 0 aromatic heterocycles. The van der Waals surface area contributed by atoms with Gasteiger partial charge in [-0.05, 0) is 19.8 Å². The first kappa shape index (κ1) is 23.1. The SMILES string of the molecule is CC(=O)CCCCCCCCCCCCCCCCCCC(=O)O. The molecular formula is C21H40O3. The highest BCUT2D eigenvalue weighted by molar-refractivity contribution is 5.75. The van der Waals surface area contributed by atoms with Crippen LogP contribution in [0.5, 0.6) is 0 Å². The molecule has 0 spiro atoms. The Bertz CT molecular complexity index is 269. The first-order valence-corrected chi connectivity index (χ1v) is 10.3. The van der Waals surface area contributed by atoms with E-state index in [-0.39, 0.29) is 0 Å². The summed E-state index contributed by atoms with van der Waals surface area (Å²) in [6, 6.07) is 0. The fourth-order valence-electron chi connectivity index (χ4n) is 3.13. The minimum Gasteiger partial charge on any atom is -0.481 e. The molecule has 0 bridgehead atoms. The third-order valence-corrected chi connectivity index (χ3v) is 4.67. The van der Waals surface area contributed by atoms with E-state index in [4.69, 9.17) is 5.11 Å². The largest absolute Gasteiger partial charge is 0.481 e. The van der Waals surface area contributed by atoms with Gasteiger partial charge in [-0.3, -0.25) is 4.79 Å². The monoisotopic (exact) mass is 340 g/mol. The van der Waals surface area contributed by atoms with Gasteiger partial charge in [-0.25, -0.2) is 0 Å². The van der Waals surface area contributed by atoms with Crippen LogP contribution in [0.3, 0.4) is 0 Å². The van der Waals surface area contributed by atoms with Gasteiger partial charge in [0.2, 0.25) is 0 Å². The van der Waals surface area contributed by atoms with Crippen LogP contribution in [0.15, 0.2) is 0 Å². The Morgan fingerprint density at radius 1 is 0.500 bits per heavy atom. The van der Waals surface area contributed by atoms with Crippen LogP contribution >= 0.6 is 0 Å². The van der Waals surface area contributed by atoms with Crippen molar-refractivity contribution in [2.24, 2.45) is 0 Å². The van der Waals surface area contributed by atoms with Crippen LogP contribution in [0.2, 0.25) is 0 Å². The molecule has 0 unspecified atom stereocenters. The Hall–Kier alpha value is -0.860. The van der Waals surface area contributed by atoms with Crippen molar-refractivity contribution in [3.05, 3.63) is 0 Å². The zero-order valence-corrected chi connectivity index (χ0v) is 16.0. The summed E-state index contributed by atoms with van der Waals surface area (Å²) in [6.07, 6.45) is 21.3. The highest BCUT2D eigenvalue weighted by atomic mass is 16.4. The quantitative estimate of drug-likeness (QED) is 0.267. The van der Waals surface area contributed by atoms with Gasteiger partial charge in [0.15, 0.2) is 0 Å². The third-order valence-electron chi connectivity index (χ3n) is 4.67. The number of rotatable bonds is 19. The van der Waals surface area contributed by atoms with Gasteiger partial charge >= 0.3 is 5.97 Å². The van der Waals surface area contributed by atoms with E-state index in [0.29, 0.717) is 12.2 Å². The summed E-state index contributed by atoms with van der Waals surface area (Å²) in [5, 5.41) is 8.55. The minimum absolute atomic E-state index is 0.327. The molecular weight excluding hydrogens is 300 g/mol. The van der Waals surface area contributed by atoms with E-state index in [9.17, 15) is 9.59 Å². The van der Waals surface area contributed by atoms with Gasteiger partial charge < -0.3 is 9.90 Å². The second-order valence-corrected chi connectivity index (χ2v) is 7.25.